The summed E-state index contributed by atoms with van der Waals surface area (Å²) in [6, 6.07) is 4.97. The molecule has 4 nitrogen and oxygen atoms in total. The standard InChI is InChI=1S/C15H24N3O/c1-17-13(12-18-8-10-19-11-9-18)5-6-15(17)14-4-2-3-7-16-14/h5-6,14H,2-4,7-12H2,1H3. The van der Waals surface area contributed by atoms with Crippen LogP contribution in [-0.4, -0.2) is 42.3 Å². The maximum atomic E-state index is 5.40. The van der Waals surface area contributed by atoms with Crippen LogP contribution >= 0.6 is 0 Å². The van der Waals surface area contributed by atoms with Crippen LogP contribution < -0.4 is 5.32 Å². The minimum absolute atomic E-state index is 0.428. The smallest absolute Gasteiger partial charge is 0.0647 e. The van der Waals surface area contributed by atoms with Crippen LogP contribution in [0, 0.1) is 0 Å². The molecule has 0 amide bonds. The lowest BCUT2D eigenvalue weighted by Gasteiger charge is -2.27. The number of morpholine rings is 1. The maximum Gasteiger partial charge on any atom is 0.0647 e. The highest BCUT2D eigenvalue weighted by Crippen LogP contribution is 2.26. The van der Waals surface area contributed by atoms with Crippen molar-refractivity contribution in [3.8, 4) is 0 Å². The number of hydrogen-bond acceptors (Lipinski definition) is 2. The molecule has 2 aliphatic heterocycles. The van der Waals surface area contributed by atoms with E-state index in [0.717, 1.165) is 39.4 Å². The molecule has 1 radical (unpaired) electrons. The Labute approximate surface area is 115 Å². The molecule has 1 aromatic heterocycles. The molecule has 2 saturated heterocycles. The molecule has 4 heteroatoms. The normalized spacial score (nSPS) is 25.6. The van der Waals surface area contributed by atoms with Crippen LogP contribution in [0.1, 0.15) is 36.7 Å². The molecule has 0 bridgehead atoms. The van der Waals surface area contributed by atoms with E-state index in [0.29, 0.717) is 6.04 Å². The summed E-state index contributed by atoms with van der Waals surface area (Å²) in [5.74, 6) is 0. The molecule has 0 aliphatic carbocycles. The Morgan fingerprint density at radius 1 is 1.26 bits per heavy atom. The van der Waals surface area contributed by atoms with Crippen LogP contribution in [0.15, 0.2) is 12.1 Å². The highest BCUT2D eigenvalue weighted by molar-refractivity contribution is 5.19. The second kappa shape index (κ2) is 6.07. The van der Waals surface area contributed by atoms with Crippen molar-refractivity contribution in [1.82, 2.24) is 14.8 Å². The minimum Gasteiger partial charge on any atom is -0.379 e. The van der Waals surface area contributed by atoms with Gasteiger partial charge in [0.1, 0.15) is 0 Å². The van der Waals surface area contributed by atoms with E-state index in [4.69, 9.17) is 10.1 Å². The summed E-state index contributed by atoms with van der Waals surface area (Å²) in [6.45, 7) is 5.91. The molecule has 0 saturated carbocycles. The number of piperidine rings is 1. The van der Waals surface area contributed by atoms with Gasteiger partial charge in [-0.1, -0.05) is 6.42 Å². The number of nitrogens with zero attached hydrogens (tertiary/aromatic N) is 3. The average molecular weight is 262 g/mol. The van der Waals surface area contributed by atoms with Gasteiger partial charge >= 0.3 is 0 Å². The van der Waals surface area contributed by atoms with Crippen molar-refractivity contribution >= 4 is 0 Å². The number of aromatic nitrogens is 1. The summed E-state index contributed by atoms with van der Waals surface area (Å²) in [4.78, 5) is 2.47. The van der Waals surface area contributed by atoms with Gasteiger partial charge in [-0.2, -0.15) is 0 Å². The zero-order valence-corrected chi connectivity index (χ0v) is 11.8. The molecular formula is C15H24N3O. The van der Waals surface area contributed by atoms with Gasteiger partial charge < -0.3 is 9.30 Å². The fourth-order valence-corrected chi connectivity index (χ4v) is 3.08. The first-order chi connectivity index (χ1) is 9.34. The third-order valence-corrected chi connectivity index (χ3v) is 4.33. The van der Waals surface area contributed by atoms with Gasteiger partial charge in [0.05, 0.1) is 19.3 Å². The Balaban J connectivity index is 1.67. The number of rotatable bonds is 3. The molecular weight excluding hydrogens is 238 g/mol. The first kappa shape index (κ1) is 13.2. The van der Waals surface area contributed by atoms with E-state index < -0.39 is 0 Å². The van der Waals surface area contributed by atoms with E-state index in [9.17, 15) is 0 Å². The maximum absolute atomic E-state index is 5.40. The van der Waals surface area contributed by atoms with E-state index in [-0.39, 0.29) is 0 Å². The van der Waals surface area contributed by atoms with Gasteiger partial charge in [-0.15, -0.1) is 0 Å². The Morgan fingerprint density at radius 3 is 2.84 bits per heavy atom. The van der Waals surface area contributed by atoms with Gasteiger partial charge in [-0.3, -0.25) is 4.90 Å². The van der Waals surface area contributed by atoms with Crippen LogP contribution in [0.3, 0.4) is 0 Å². The second-order valence-corrected chi connectivity index (χ2v) is 5.61. The minimum atomic E-state index is 0.428. The average Bonchev–Trinajstić information content (AvgIpc) is 2.82. The highest BCUT2D eigenvalue weighted by atomic mass is 16.5. The molecule has 2 fully saturated rings. The Bertz CT molecular complexity index is 404. The lowest BCUT2D eigenvalue weighted by atomic mass is 10.0. The number of hydrogen-bond donors (Lipinski definition) is 0. The molecule has 3 heterocycles. The van der Waals surface area contributed by atoms with Gasteiger partial charge in [-0.05, 0) is 25.0 Å². The molecule has 3 rings (SSSR count). The van der Waals surface area contributed by atoms with Crippen molar-refractivity contribution in [2.75, 3.05) is 32.8 Å². The molecule has 1 atom stereocenters. The second-order valence-electron chi connectivity index (χ2n) is 5.61. The van der Waals surface area contributed by atoms with Crippen molar-refractivity contribution in [1.29, 1.82) is 0 Å². The van der Waals surface area contributed by atoms with Crippen LogP contribution in [-0.2, 0) is 18.3 Å². The SMILES string of the molecule is Cn1c(CN2CCOCC2)ccc1C1CCCC[N]1. The van der Waals surface area contributed by atoms with E-state index in [1.807, 2.05) is 0 Å². The van der Waals surface area contributed by atoms with Crippen molar-refractivity contribution in [3.05, 3.63) is 23.5 Å². The van der Waals surface area contributed by atoms with Crippen molar-refractivity contribution in [2.24, 2.45) is 7.05 Å². The van der Waals surface area contributed by atoms with Gasteiger partial charge in [-0.25, -0.2) is 5.32 Å². The molecule has 105 valence electrons. The fraction of sp³-hybridized carbons (Fsp3) is 0.733. The Morgan fingerprint density at radius 2 is 2.11 bits per heavy atom. The summed E-state index contributed by atoms with van der Waals surface area (Å²) in [5.41, 5.74) is 2.79. The van der Waals surface area contributed by atoms with Crippen molar-refractivity contribution in [3.63, 3.8) is 0 Å². The monoisotopic (exact) mass is 262 g/mol. The molecule has 0 spiro atoms. The summed E-state index contributed by atoms with van der Waals surface area (Å²) in [6.07, 6.45) is 3.80. The quantitative estimate of drug-likeness (QED) is 0.830. The predicted octanol–water partition coefficient (Wildman–Crippen LogP) is 1.69. The van der Waals surface area contributed by atoms with Crippen LogP contribution in [0.4, 0.5) is 0 Å². The molecule has 19 heavy (non-hydrogen) atoms. The first-order valence-corrected chi connectivity index (χ1v) is 7.46. The van der Waals surface area contributed by atoms with Crippen LogP contribution in [0.5, 0.6) is 0 Å². The van der Waals surface area contributed by atoms with E-state index in [1.54, 1.807) is 0 Å². The fourth-order valence-electron chi connectivity index (χ4n) is 3.08. The lowest BCUT2D eigenvalue weighted by Crippen LogP contribution is -2.36. The van der Waals surface area contributed by atoms with Crippen LogP contribution in [0.2, 0.25) is 0 Å². The predicted molar refractivity (Wildman–Crippen MR) is 75.1 cm³/mol. The summed E-state index contributed by atoms with van der Waals surface area (Å²) in [5, 5.41) is 4.77. The molecule has 2 aliphatic rings. The highest BCUT2D eigenvalue weighted by Gasteiger charge is 2.20. The van der Waals surface area contributed by atoms with Gasteiger partial charge in [0.2, 0.25) is 0 Å². The zero-order valence-electron chi connectivity index (χ0n) is 11.8. The third-order valence-electron chi connectivity index (χ3n) is 4.33. The van der Waals surface area contributed by atoms with E-state index >= 15 is 0 Å². The third kappa shape index (κ3) is 3.02. The lowest BCUT2D eigenvalue weighted by molar-refractivity contribution is 0.0332. The molecule has 1 unspecified atom stereocenters. The molecule has 0 aromatic carbocycles. The van der Waals surface area contributed by atoms with Crippen LogP contribution in [0.25, 0.3) is 0 Å². The summed E-state index contributed by atoms with van der Waals surface area (Å²) in [7, 11) is 2.19. The largest absolute Gasteiger partial charge is 0.379 e. The summed E-state index contributed by atoms with van der Waals surface area (Å²) >= 11 is 0. The van der Waals surface area contributed by atoms with Gasteiger partial charge in [0, 0.05) is 44.6 Å². The van der Waals surface area contributed by atoms with Crippen molar-refractivity contribution < 1.29 is 4.74 Å². The van der Waals surface area contributed by atoms with Gasteiger partial charge in [0.25, 0.3) is 0 Å². The summed E-state index contributed by atoms with van der Waals surface area (Å²) < 4.78 is 7.76. The molecule has 1 aromatic rings. The Kier molecular flexibility index (Phi) is 4.21. The van der Waals surface area contributed by atoms with Crippen molar-refractivity contribution in [2.45, 2.75) is 31.8 Å². The topological polar surface area (TPSA) is 31.5 Å². The van der Waals surface area contributed by atoms with Gasteiger partial charge in [0.15, 0.2) is 0 Å². The van der Waals surface area contributed by atoms with E-state index in [2.05, 4.69) is 28.6 Å². The molecule has 0 N–H and O–H groups in total. The Hall–Kier alpha value is -0.840. The van der Waals surface area contributed by atoms with E-state index in [1.165, 1.54) is 30.7 Å². The number of ether oxygens (including phenoxy) is 1. The zero-order chi connectivity index (χ0) is 13.1. The first-order valence-electron chi connectivity index (χ1n) is 7.46.